The summed E-state index contributed by atoms with van der Waals surface area (Å²) in [6.45, 7) is 3.15. The SMILES string of the molecule is CCOc1cccc(C(O)=C2C(=O)C(=O)N(CCCOC)C2c2ccc(N(C)C)cc2)c1. The van der Waals surface area contributed by atoms with Gasteiger partial charge in [-0.2, -0.15) is 0 Å². The Balaban J connectivity index is 2.10. The van der Waals surface area contributed by atoms with Crippen LogP contribution in [0.15, 0.2) is 54.1 Å². The summed E-state index contributed by atoms with van der Waals surface area (Å²) < 4.78 is 10.6. The van der Waals surface area contributed by atoms with Gasteiger partial charge in [0.2, 0.25) is 0 Å². The second-order valence-corrected chi connectivity index (χ2v) is 7.79. The number of hydrogen-bond donors (Lipinski definition) is 1. The Morgan fingerprint density at radius 3 is 2.47 bits per heavy atom. The molecule has 1 saturated heterocycles. The Kier molecular flexibility index (Phi) is 7.53. The minimum Gasteiger partial charge on any atom is -0.507 e. The van der Waals surface area contributed by atoms with E-state index in [9.17, 15) is 14.7 Å². The van der Waals surface area contributed by atoms with E-state index in [2.05, 4.69) is 0 Å². The Morgan fingerprint density at radius 1 is 1.12 bits per heavy atom. The quantitative estimate of drug-likeness (QED) is 0.279. The molecule has 1 amide bonds. The number of ketones is 1. The number of likely N-dealkylation sites (tertiary alicyclic amines) is 1. The van der Waals surface area contributed by atoms with Gasteiger partial charge in [-0.05, 0) is 43.2 Å². The highest BCUT2D eigenvalue weighted by molar-refractivity contribution is 6.46. The summed E-state index contributed by atoms with van der Waals surface area (Å²) in [6.07, 6.45) is 0.579. The Morgan fingerprint density at radius 2 is 1.84 bits per heavy atom. The molecule has 1 heterocycles. The van der Waals surface area contributed by atoms with Crippen LogP contribution in [0.1, 0.15) is 30.5 Å². The highest BCUT2D eigenvalue weighted by Gasteiger charge is 2.45. The largest absolute Gasteiger partial charge is 0.507 e. The second kappa shape index (κ2) is 10.3. The van der Waals surface area contributed by atoms with Gasteiger partial charge in [0.25, 0.3) is 11.7 Å². The van der Waals surface area contributed by atoms with E-state index in [1.54, 1.807) is 31.4 Å². The standard InChI is InChI=1S/C25H30N2O5/c1-5-32-20-9-6-8-18(16-20)23(28)21-22(17-10-12-19(13-11-17)26(2)3)27(14-7-15-31-4)25(30)24(21)29/h6,8-13,16,22,28H,5,7,14-15H2,1-4H3. The zero-order valence-electron chi connectivity index (χ0n) is 19.0. The summed E-state index contributed by atoms with van der Waals surface area (Å²) in [4.78, 5) is 29.5. The fourth-order valence-electron chi connectivity index (χ4n) is 3.85. The van der Waals surface area contributed by atoms with Gasteiger partial charge in [0.15, 0.2) is 0 Å². The number of Topliss-reactive ketones (excluding diaryl/α,β-unsaturated/α-hetero) is 1. The molecule has 0 spiro atoms. The lowest BCUT2D eigenvalue weighted by molar-refractivity contribution is -0.140. The van der Waals surface area contributed by atoms with Crippen molar-refractivity contribution < 1.29 is 24.2 Å². The third-order valence-corrected chi connectivity index (χ3v) is 5.43. The lowest BCUT2D eigenvalue weighted by Crippen LogP contribution is -2.31. The van der Waals surface area contributed by atoms with E-state index in [0.717, 1.165) is 11.3 Å². The van der Waals surface area contributed by atoms with Gasteiger partial charge in [0.05, 0.1) is 18.2 Å². The van der Waals surface area contributed by atoms with Crippen molar-refractivity contribution in [2.45, 2.75) is 19.4 Å². The number of nitrogens with zero attached hydrogens (tertiary/aromatic N) is 2. The molecule has 1 fully saturated rings. The third-order valence-electron chi connectivity index (χ3n) is 5.43. The highest BCUT2D eigenvalue weighted by Crippen LogP contribution is 2.40. The monoisotopic (exact) mass is 438 g/mol. The molecular formula is C25H30N2O5. The molecule has 1 unspecified atom stereocenters. The van der Waals surface area contributed by atoms with Gasteiger partial charge in [0, 0.05) is 45.6 Å². The molecule has 2 aromatic carbocycles. The Hall–Kier alpha value is -3.32. The van der Waals surface area contributed by atoms with Gasteiger partial charge in [-0.3, -0.25) is 9.59 Å². The number of methoxy groups -OCH3 is 1. The van der Waals surface area contributed by atoms with Crippen molar-refractivity contribution in [1.29, 1.82) is 0 Å². The number of benzene rings is 2. The number of hydrogen-bond acceptors (Lipinski definition) is 6. The van der Waals surface area contributed by atoms with Crippen molar-refractivity contribution in [2.75, 3.05) is 45.9 Å². The van der Waals surface area contributed by atoms with Crippen molar-refractivity contribution >= 4 is 23.1 Å². The van der Waals surface area contributed by atoms with Gasteiger partial charge in [0.1, 0.15) is 11.5 Å². The minimum atomic E-state index is -0.691. The molecule has 3 rings (SSSR count). The number of carbonyl (C=O) groups is 2. The molecule has 0 bridgehead atoms. The number of rotatable bonds is 9. The Bertz CT molecular complexity index is 998. The van der Waals surface area contributed by atoms with E-state index in [1.807, 2.05) is 50.2 Å². The lowest BCUT2D eigenvalue weighted by Gasteiger charge is -2.26. The number of carbonyl (C=O) groups excluding carboxylic acids is 2. The first-order valence-electron chi connectivity index (χ1n) is 10.7. The fraction of sp³-hybridized carbons (Fsp3) is 0.360. The first-order chi connectivity index (χ1) is 15.4. The molecule has 1 atom stereocenters. The van der Waals surface area contributed by atoms with Gasteiger partial charge in [-0.1, -0.05) is 24.3 Å². The van der Waals surface area contributed by atoms with Crippen LogP contribution in [0.25, 0.3) is 5.76 Å². The third kappa shape index (κ3) is 4.78. The molecule has 0 aromatic heterocycles. The van der Waals surface area contributed by atoms with E-state index in [1.165, 1.54) is 4.90 Å². The summed E-state index contributed by atoms with van der Waals surface area (Å²) in [6, 6.07) is 13.8. The van der Waals surface area contributed by atoms with Crippen LogP contribution in [0.4, 0.5) is 5.69 Å². The van der Waals surface area contributed by atoms with Crippen LogP contribution in [-0.2, 0) is 14.3 Å². The van der Waals surface area contributed by atoms with E-state index in [-0.39, 0.29) is 11.3 Å². The summed E-state index contributed by atoms with van der Waals surface area (Å²) >= 11 is 0. The van der Waals surface area contributed by atoms with Crippen LogP contribution in [0.5, 0.6) is 5.75 Å². The molecule has 170 valence electrons. The highest BCUT2D eigenvalue weighted by atomic mass is 16.5. The summed E-state index contributed by atoms with van der Waals surface area (Å²) in [5.41, 5.74) is 2.27. The molecule has 32 heavy (non-hydrogen) atoms. The first-order valence-corrected chi connectivity index (χ1v) is 10.7. The normalized spacial score (nSPS) is 17.6. The average Bonchev–Trinajstić information content (AvgIpc) is 3.04. The first kappa shape index (κ1) is 23.3. The average molecular weight is 439 g/mol. The number of amides is 1. The van der Waals surface area contributed by atoms with E-state index >= 15 is 0 Å². The van der Waals surface area contributed by atoms with Gasteiger partial charge >= 0.3 is 0 Å². The molecule has 1 N–H and O–H groups in total. The second-order valence-electron chi connectivity index (χ2n) is 7.79. The predicted molar refractivity (Wildman–Crippen MR) is 124 cm³/mol. The van der Waals surface area contributed by atoms with E-state index < -0.39 is 17.7 Å². The molecule has 1 aliphatic rings. The topological polar surface area (TPSA) is 79.3 Å². The maximum absolute atomic E-state index is 13.1. The number of ether oxygens (including phenoxy) is 2. The maximum Gasteiger partial charge on any atom is 0.295 e. The Labute approximate surface area is 188 Å². The molecule has 0 radical (unpaired) electrons. The summed E-state index contributed by atoms with van der Waals surface area (Å²) in [7, 11) is 5.48. The molecule has 1 aliphatic heterocycles. The van der Waals surface area contributed by atoms with Gasteiger partial charge in [-0.25, -0.2) is 0 Å². The van der Waals surface area contributed by atoms with Crippen LogP contribution in [-0.4, -0.2) is 62.7 Å². The summed E-state index contributed by atoms with van der Waals surface area (Å²) in [5.74, 6) is -0.938. The van der Waals surface area contributed by atoms with Crippen LogP contribution < -0.4 is 9.64 Å². The van der Waals surface area contributed by atoms with Gasteiger partial charge < -0.3 is 24.4 Å². The molecule has 7 heteroatoms. The zero-order chi connectivity index (χ0) is 23.3. The van der Waals surface area contributed by atoms with Crippen molar-refractivity contribution in [3.63, 3.8) is 0 Å². The van der Waals surface area contributed by atoms with Crippen molar-refractivity contribution in [3.8, 4) is 5.75 Å². The van der Waals surface area contributed by atoms with Crippen LogP contribution in [0.3, 0.4) is 0 Å². The predicted octanol–water partition coefficient (Wildman–Crippen LogP) is 3.61. The van der Waals surface area contributed by atoms with Crippen molar-refractivity contribution in [1.82, 2.24) is 4.90 Å². The number of aliphatic hydroxyl groups is 1. The smallest absolute Gasteiger partial charge is 0.295 e. The van der Waals surface area contributed by atoms with E-state index in [0.29, 0.717) is 37.5 Å². The number of aliphatic hydroxyl groups excluding tert-OH is 1. The van der Waals surface area contributed by atoms with Crippen molar-refractivity contribution in [2.24, 2.45) is 0 Å². The van der Waals surface area contributed by atoms with Crippen molar-refractivity contribution in [3.05, 3.63) is 65.2 Å². The lowest BCUT2D eigenvalue weighted by atomic mass is 9.95. The van der Waals surface area contributed by atoms with Gasteiger partial charge in [-0.15, -0.1) is 0 Å². The molecular weight excluding hydrogens is 408 g/mol. The van der Waals surface area contributed by atoms with Crippen LogP contribution in [0, 0.1) is 0 Å². The maximum atomic E-state index is 13.1. The zero-order valence-corrected chi connectivity index (χ0v) is 19.0. The summed E-state index contributed by atoms with van der Waals surface area (Å²) in [5, 5.41) is 11.2. The molecule has 7 nitrogen and oxygen atoms in total. The fourth-order valence-corrected chi connectivity index (χ4v) is 3.85. The molecule has 0 aliphatic carbocycles. The number of anilines is 1. The van der Waals surface area contributed by atoms with Crippen LogP contribution in [0.2, 0.25) is 0 Å². The molecule has 0 saturated carbocycles. The minimum absolute atomic E-state index is 0.0821. The molecule has 2 aromatic rings. The van der Waals surface area contributed by atoms with Crippen LogP contribution >= 0.6 is 0 Å². The van der Waals surface area contributed by atoms with E-state index in [4.69, 9.17) is 9.47 Å².